The molecule has 1 fully saturated rings. The summed E-state index contributed by atoms with van der Waals surface area (Å²) in [5, 5.41) is 2.82. The molecular formula is C21H26N4O3. The van der Waals surface area contributed by atoms with Crippen molar-refractivity contribution in [2.75, 3.05) is 44.0 Å². The van der Waals surface area contributed by atoms with E-state index in [0.717, 1.165) is 19.5 Å². The van der Waals surface area contributed by atoms with Crippen LogP contribution in [0, 0.1) is 5.92 Å². The normalized spacial score (nSPS) is 15.9. The molecule has 3 rings (SSSR count). The monoisotopic (exact) mass is 382 g/mol. The van der Waals surface area contributed by atoms with Gasteiger partial charge >= 0.3 is 6.03 Å². The third-order valence-corrected chi connectivity index (χ3v) is 5.00. The molecule has 0 unspecified atom stereocenters. The average Bonchev–Trinajstić information content (AvgIpc) is 3.17. The van der Waals surface area contributed by atoms with Gasteiger partial charge in [0, 0.05) is 38.1 Å². The Labute approximate surface area is 165 Å². The van der Waals surface area contributed by atoms with E-state index in [1.54, 1.807) is 24.1 Å². The van der Waals surface area contributed by atoms with Crippen molar-refractivity contribution in [3.05, 3.63) is 54.1 Å². The summed E-state index contributed by atoms with van der Waals surface area (Å²) >= 11 is 0. The van der Waals surface area contributed by atoms with E-state index in [1.807, 2.05) is 18.2 Å². The molecule has 0 spiro atoms. The number of nitrogens with zero attached hydrogens (tertiary/aromatic N) is 2. The number of urea groups is 1. The predicted octanol–water partition coefficient (Wildman–Crippen LogP) is 2.78. The van der Waals surface area contributed by atoms with Gasteiger partial charge in [-0.15, -0.1) is 0 Å². The SMILES string of the molecule is COc1ccc(NC(=O)N(C)C[C@@H]2CCN(c3ccccc3)C2)cc1C(N)=O. The third-order valence-electron chi connectivity index (χ3n) is 5.00. The van der Waals surface area contributed by atoms with E-state index >= 15 is 0 Å². The molecule has 3 amide bonds. The van der Waals surface area contributed by atoms with Crippen LogP contribution in [0.4, 0.5) is 16.2 Å². The van der Waals surface area contributed by atoms with Crippen molar-refractivity contribution in [3.63, 3.8) is 0 Å². The Morgan fingerprint density at radius 1 is 1.25 bits per heavy atom. The molecule has 0 bridgehead atoms. The highest BCUT2D eigenvalue weighted by atomic mass is 16.5. The number of para-hydroxylation sites is 1. The molecule has 1 heterocycles. The van der Waals surface area contributed by atoms with Crippen LogP contribution in [0.1, 0.15) is 16.8 Å². The molecule has 1 aliphatic heterocycles. The van der Waals surface area contributed by atoms with Gasteiger partial charge in [-0.2, -0.15) is 0 Å². The molecule has 0 aliphatic carbocycles. The predicted molar refractivity (Wildman–Crippen MR) is 110 cm³/mol. The van der Waals surface area contributed by atoms with Gasteiger partial charge in [0.25, 0.3) is 5.91 Å². The first kappa shape index (κ1) is 19.5. The topological polar surface area (TPSA) is 87.9 Å². The molecule has 148 valence electrons. The Kier molecular flexibility index (Phi) is 6.03. The first-order valence-electron chi connectivity index (χ1n) is 9.28. The van der Waals surface area contributed by atoms with Gasteiger partial charge in [0.15, 0.2) is 0 Å². The molecule has 2 aromatic carbocycles. The Bertz CT molecular complexity index is 841. The minimum absolute atomic E-state index is 0.223. The van der Waals surface area contributed by atoms with Crippen LogP contribution >= 0.6 is 0 Å². The van der Waals surface area contributed by atoms with Gasteiger partial charge in [-0.25, -0.2) is 4.79 Å². The Morgan fingerprint density at radius 2 is 2.00 bits per heavy atom. The average molecular weight is 382 g/mol. The maximum Gasteiger partial charge on any atom is 0.321 e. The van der Waals surface area contributed by atoms with Crippen LogP contribution < -0.4 is 20.7 Å². The molecule has 1 atom stereocenters. The van der Waals surface area contributed by atoms with Crippen LogP contribution in [-0.4, -0.2) is 50.6 Å². The summed E-state index contributed by atoms with van der Waals surface area (Å²) in [5.74, 6) is 0.187. The molecule has 28 heavy (non-hydrogen) atoms. The Balaban J connectivity index is 1.57. The van der Waals surface area contributed by atoms with Gasteiger partial charge < -0.3 is 25.6 Å². The highest BCUT2D eigenvalue weighted by Crippen LogP contribution is 2.25. The number of carbonyl (C=O) groups is 2. The van der Waals surface area contributed by atoms with Crippen LogP contribution in [-0.2, 0) is 0 Å². The number of amides is 3. The van der Waals surface area contributed by atoms with Crippen molar-refractivity contribution in [3.8, 4) is 5.75 Å². The molecular weight excluding hydrogens is 356 g/mol. The van der Waals surface area contributed by atoms with Crippen molar-refractivity contribution in [2.45, 2.75) is 6.42 Å². The number of rotatable bonds is 6. The van der Waals surface area contributed by atoms with E-state index in [0.29, 0.717) is 23.9 Å². The number of anilines is 2. The van der Waals surface area contributed by atoms with E-state index in [-0.39, 0.29) is 11.6 Å². The Hall–Kier alpha value is -3.22. The maximum atomic E-state index is 12.5. The minimum Gasteiger partial charge on any atom is -0.496 e. The summed E-state index contributed by atoms with van der Waals surface area (Å²) in [4.78, 5) is 28.1. The summed E-state index contributed by atoms with van der Waals surface area (Å²) in [5.41, 5.74) is 7.33. The van der Waals surface area contributed by atoms with Crippen molar-refractivity contribution in [1.82, 2.24) is 4.90 Å². The zero-order valence-electron chi connectivity index (χ0n) is 16.2. The van der Waals surface area contributed by atoms with Gasteiger partial charge in [-0.3, -0.25) is 4.79 Å². The summed E-state index contributed by atoms with van der Waals surface area (Å²) in [6.07, 6.45) is 1.04. The van der Waals surface area contributed by atoms with E-state index in [2.05, 4.69) is 22.3 Å². The smallest absolute Gasteiger partial charge is 0.321 e. The van der Waals surface area contributed by atoms with Gasteiger partial charge in [0.05, 0.1) is 12.7 Å². The maximum absolute atomic E-state index is 12.5. The molecule has 0 saturated carbocycles. The molecule has 0 aromatic heterocycles. The van der Waals surface area contributed by atoms with Crippen molar-refractivity contribution < 1.29 is 14.3 Å². The fraction of sp³-hybridized carbons (Fsp3) is 0.333. The minimum atomic E-state index is -0.603. The van der Waals surface area contributed by atoms with Gasteiger partial charge in [0.1, 0.15) is 5.75 Å². The van der Waals surface area contributed by atoms with E-state index < -0.39 is 5.91 Å². The summed E-state index contributed by atoms with van der Waals surface area (Å²) in [7, 11) is 3.24. The molecule has 2 aromatic rings. The summed E-state index contributed by atoms with van der Waals surface area (Å²) < 4.78 is 5.12. The molecule has 1 saturated heterocycles. The van der Waals surface area contributed by atoms with Crippen LogP contribution in [0.5, 0.6) is 5.75 Å². The second kappa shape index (κ2) is 8.65. The quantitative estimate of drug-likeness (QED) is 0.804. The third kappa shape index (κ3) is 4.54. The summed E-state index contributed by atoms with van der Waals surface area (Å²) in [6, 6.07) is 14.9. The highest BCUT2D eigenvalue weighted by molar-refractivity contribution is 5.98. The molecule has 3 N–H and O–H groups in total. The first-order chi connectivity index (χ1) is 13.5. The number of hydrogen-bond donors (Lipinski definition) is 2. The van der Waals surface area contributed by atoms with Crippen LogP contribution in [0.25, 0.3) is 0 Å². The molecule has 7 heteroatoms. The van der Waals surface area contributed by atoms with Gasteiger partial charge in [-0.05, 0) is 42.7 Å². The van der Waals surface area contributed by atoms with Gasteiger partial charge in [-0.1, -0.05) is 18.2 Å². The lowest BCUT2D eigenvalue weighted by atomic mass is 10.1. The zero-order valence-corrected chi connectivity index (χ0v) is 16.2. The molecule has 1 aliphatic rings. The number of nitrogens with one attached hydrogen (secondary N) is 1. The van der Waals surface area contributed by atoms with E-state index in [1.165, 1.54) is 18.9 Å². The standard InChI is InChI=1S/C21H26N4O3/c1-24(13-15-10-11-25(14-15)17-6-4-3-5-7-17)21(27)23-16-8-9-19(28-2)18(12-16)20(22)26/h3-9,12,15H,10-11,13-14H2,1-2H3,(H2,22,26)(H,23,27)/t15-/m0/s1. The number of methoxy groups -OCH3 is 1. The number of nitrogens with two attached hydrogens (primary N) is 1. The van der Waals surface area contributed by atoms with Crippen molar-refractivity contribution in [1.29, 1.82) is 0 Å². The number of primary amides is 1. The largest absolute Gasteiger partial charge is 0.496 e. The first-order valence-corrected chi connectivity index (χ1v) is 9.28. The van der Waals surface area contributed by atoms with E-state index in [4.69, 9.17) is 10.5 Å². The second-order valence-electron chi connectivity index (χ2n) is 7.03. The number of ether oxygens (including phenoxy) is 1. The van der Waals surface area contributed by atoms with Crippen LogP contribution in [0.15, 0.2) is 48.5 Å². The number of benzene rings is 2. The van der Waals surface area contributed by atoms with Gasteiger partial charge in [0.2, 0.25) is 0 Å². The summed E-state index contributed by atoms with van der Waals surface area (Å²) in [6.45, 7) is 2.58. The van der Waals surface area contributed by atoms with Crippen LogP contribution in [0.2, 0.25) is 0 Å². The molecule has 7 nitrogen and oxygen atoms in total. The van der Waals surface area contributed by atoms with Crippen molar-refractivity contribution >= 4 is 23.3 Å². The fourth-order valence-electron chi connectivity index (χ4n) is 3.52. The lowest BCUT2D eigenvalue weighted by molar-refractivity contribution is 0.0997. The van der Waals surface area contributed by atoms with Crippen molar-refractivity contribution in [2.24, 2.45) is 11.7 Å². The number of hydrogen-bond acceptors (Lipinski definition) is 4. The zero-order chi connectivity index (χ0) is 20.1. The second-order valence-corrected chi connectivity index (χ2v) is 7.03. The highest BCUT2D eigenvalue weighted by Gasteiger charge is 2.25. The lowest BCUT2D eigenvalue weighted by Gasteiger charge is -2.23. The Morgan fingerprint density at radius 3 is 2.68 bits per heavy atom. The fourth-order valence-corrected chi connectivity index (χ4v) is 3.52. The molecule has 0 radical (unpaired) electrons. The van der Waals surface area contributed by atoms with E-state index in [9.17, 15) is 9.59 Å². The number of carbonyl (C=O) groups excluding carboxylic acids is 2. The lowest BCUT2D eigenvalue weighted by Crippen LogP contribution is -2.36. The van der Waals surface area contributed by atoms with Crippen LogP contribution in [0.3, 0.4) is 0 Å².